The molecule has 0 bridgehead atoms. The van der Waals surface area contributed by atoms with Crippen LogP contribution in [-0.2, 0) is 13.1 Å². The first-order valence-corrected chi connectivity index (χ1v) is 10.8. The molecule has 3 aromatic heterocycles. The van der Waals surface area contributed by atoms with E-state index in [4.69, 9.17) is 14.9 Å². The van der Waals surface area contributed by atoms with Gasteiger partial charge in [0.15, 0.2) is 11.5 Å². The molecule has 0 atom stereocenters. The van der Waals surface area contributed by atoms with Gasteiger partial charge in [0.2, 0.25) is 6.79 Å². The Balaban J connectivity index is 1.55. The van der Waals surface area contributed by atoms with Gasteiger partial charge in [-0.2, -0.15) is 0 Å². The van der Waals surface area contributed by atoms with Crippen LogP contribution < -0.4 is 25.8 Å². The number of fused-ring (bicyclic) bond motifs is 3. The lowest BCUT2D eigenvalue weighted by molar-refractivity contribution is 0.0948. The zero-order chi connectivity index (χ0) is 22.9. The first-order chi connectivity index (χ1) is 16.1. The summed E-state index contributed by atoms with van der Waals surface area (Å²) in [4.78, 5) is 30.9. The van der Waals surface area contributed by atoms with Crippen molar-refractivity contribution in [2.45, 2.75) is 32.9 Å². The summed E-state index contributed by atoms with van der Waals surface area (Å²) < 4.78 is 13.8. The Labute approximate surface area is 188 Å². The third kappa shape index (κ3) is 3.71. The van der Waals surface area contributed by atoms with Gasteiger partial charge in [0.05, 0.1) is 10.9 Å². The van der Waals surface area contributed by atoms with E-state index in [1.165, 1.54) is 10.5 Å². The van der Waals surface area contributed by atoms with Crippen molar-refractivity contribution in [3.63, 3.8) is 0 Å². The van der Waals surface area contributed by atoms with E-state index < -0.39 is 5.91 Å². The van der Waals surface area contributed by atoms with Gasteiger partial charge in [0.1, 0.15) is 16.8 Å². The number of nitrogens with zero attached hydrogens (tertiary/aromatic N) is 3. The lowest BCUT2D eigenvalue weighted by Crippen LogP contribution is -2.34. The molecule has 0 saturated carbocycles. The van der Waals surface area contributed by atoms with Gasteiger partial charge in [0.25, 0.3) is 11.5 Å². The van der Waals surface area contributed by atoms with Gasteiger partial charge in [-0.1, -0.05) is 25.5 Å². The van der Waals surface area contributed by atoms with Crippen LogP contribution in [0.15, 0.2) is 53.5 Å². The summed E-state index contributed by atoms with van der Waals surface area (Å²) in [5.74, 6) is 0.879. The van der Waals surface area contributed by atoms with Crippen LogP contribution in [0.1, 0.15) is 35.7 Å². The highest BCUT2D eigenvalue weighted by atomic mass is 16.7. The smallest absolute Gasteiger partial charge is 0.267 e. The second-order valence-electron chi connectivity index (χ2n) is 7.87. The van der Waals surface area contributed by atoms with E-state index in [2.05, 4.69) is 10.3 Å². The first-order valence-electron chi connectivity index (χ1n) is 10.8. The molecule has 0 aliphatic carbocycles. The second-order valence-corrected chi connectivity index (χ2v) is 7.87. The number of pyridine rings is 2. The first kappa shape index (κ1) is 20.7. The van der Waals surface area contributed by atoms with Crippen LogP contribution in [0.4, 0.5) is 0 Å². The van der Waals surface area contributed by atoms with Gasteiger partial charge in [-0.15, -0.1) is 0 Å². The minimum Gasteiger partial charge on any atom is -0.454 e. The summed E-state index contributed by atoms with van der Waals surface area (Å²) in [6.07, 6.45) is 3.35. The highest BCUT2D eigenvalue weighted by Crippen LogP contribution is 2.32. The van der Waals surface area contributed by atoms with Crippen molar-refractivity contribution < 1.29 is 14.3 Å². The van der Waals surface area contributed by atoms with E-state index in [1.807, 2.05) is 25.1 Å². The lowest BCUT2D eigenvalue weighted by atomic mass is 10.1. The van der Waals surface area contributed by atoms with Gasteiger partial charge in [-0.25, -0.2) is 4.98 Å². The molecule has 4 aromatic rings. The average molecular weight is 445 g/mol. The van der Waals surface area contributed by atoms with E-state index in [1.54, 1.807) is 29.0 Å². The Hall–Kier alpha value is -4.14. The van der Waals surface area contributed by atoms with Crippen LogP contribution in [0.25, 0.3) is 16.7 Å². The molecular formula is C24H23N5O4. The van der Waals surface area contributed by atoms with Gasteiger partial charge < -0.3 is 19.4 Å². The molecule has 1 aliphatic rings. The Morgan fingerprint density at radius 1 is 1.18 bits per heavy atom. The van der Waals surface area contributed by atoms with E-state index in [9.17, 15) is 9.59 Å². The summed E-state index contributed by atoms with van der Waals surface area (Å²) in [6, 6.07) is 12.2. The number of unbranched alkanes of at least 4 members (excludes halogenated alkanes) is 1. The minimum absolute atomic E-state index is 0.0336. The molecular weight excluding hydrogens is 422 g/mol. The highest BCUT2D eigenvalue weighted by molar-refractivity contribution is 5.96. The van der Waals surface area contributed by atoms with Crippen LogP contribution >= 0.6 is 0 Å². The maximum absolute atomic E-state index is 13.2. The van der Waals surface area contributed by atoms with Crippen molar-refractivity contribution in [3.8, 4) is 11.5 Å². The Morgan fingerprint density at radius 3 is 2.88 bits per heavy atom. The third-order valence-electron chi connectivity index (χ3n) is 5.69. The monoisotopic (exact) mass is 445 g/mol. The van der Waals surface area contributed by atoms with Gasteiger partial charge in [-0.3, -0.25) is 19.4 Å². The van der Waals surface area contributed by atoms with E-state index in [0.29, 0.717) is 34.7 Å². The number of amides is 1. The Bertz CT molecular complexity index is 1510. The molecule has 4 heterocycles. The summed E-state index contributed by atoms with van der Waals surface area (Å²) in [5.41, 5.74) is 1.65. The number of hydrogen-bond donors (Lipinski definition) is 2. The van der Waals surface area contributed by atoms with Crippen LogP contribution in [-0.4, -0.2) is 26.7 Å². The fraction of sp³-hybridized carbons (Fsp3) is 0.250. The number of carbonyl (C=O) groups is 1. The summed E-state index contributed by atoms with van der Waals surface area (Å²) in [5, 5.41) is 11.9. The standard InChI is InChI=1S/C24H23N5O4/c1-2-3-9-29-21(25)16(12-17-22(29)27-20-6-4-5-10-28(20)24(17)31)23(30)26-13-15-7-8-18-19(11-15)33-14-32-18/h4-8,10-12,25H,2-3,9,13-14H2,1H3,(H,26,30). The van der Waals surface area contributed by atoms with Gasteiger partial charge in [-0.05, 0) is 42.3 Å². The second kappa shape index (κ2) is 8.42. The predicted octanol–water partition coefficient (Wildman–Crippen LogP) is 2.59. The molecule has 2 N–H and O–H groups in total. The largest absolute Gasteiger partial charge is 0.454 e. The van der Waals surface area contributed by atoms with Gasteiger partial charge >= 0.3 is 0 Å². The normalized spacial score (nSPS) is 12.4. The van der Waals surface area contributed by atoms with Crippen molar-refractivity contribution in [3.05, 3.63) is 75.6 Å². The maximum Gasteiger partial charge on any atom is 0.267 e. The molecule has 33 heavy (non-hydrogen) atoms. The van der Waals surface area contributed by atoms with Gasteiger partial charge in [0, 0.05) is 19.3 Å². The number of hydrogen-bond acceptors (Lipinski definition) is 6. The van der Waals surface area contributed by atoms with Crippen molar-refractivity contribution in [2.75, 3.05) is 6.79 Å². The molecule has 1 aliphatic heterocycles. The summed E-state index contributed by atoms with van der Waals surface area (Å²) in [7, 11) is 0. The molecule has 9 nitrogen and oxygen atoms in total. The lowest BCUT2D eigenvalue weighted by Gasteiger charge is -2.14. The van der Waals surface area contributed by atoms with Crippen LogP contribution in [0.5, 0.6) is 11.5 Å². The molecule has 0 fully saturated rings. The minimum atomic E-state index is -0.428. The fourth-order valence-corrected chi connectivity index (χ4v) is 3.92. The fourth-order valence-electron chi connectivity index (χ4n) is 3.92. The SMILES string of the molecule is CCCCn1c(=N)c(C(=O)NCc2ccc3c(c2)OCO3)cc2c(=O)n3ccccc3nc21. The topological polar surface area (TPSA) is 111 Å². The van der Waals surface area contributed by atoms with E-state index >= 15 is 0 Å². The zero-order valence-electron chi connectivity index (χ0n) is 18.1. The number of rotatable bonds is 6. The van der Waals surface area contributed by atoms with Crippen molar-refractivity contribution in [2.24, 2.45) is 0 Å². The maximum atomic E-state index is 13.2. The van der Waals surface area contributed by atoms with Crippen molar-refractivity contribution in [1.82, 2.24) is 19.3 Å². The molecule has 0 radical (unpaired) electrons. The Kier molecular flexibility index (Phi) is 5.29. The van der Waals surface area contributed by atoms with Crippen molar-refractivity contribution >= 4 is 22.6 Å². The summed E-state index contributed by atoms with van der Waals surface area (Å²) >= 11 is 0. The predicted molar refractivity (Wildman–Crippen MR) is 121 cm³/mol. The van der Waals surface area contributed by atoms with Crippen LogP contribution in [0.2, 0.25) is 0 Å². The molecule has 168 valence electrons. The zero-order valence-corrected chi connectivity index (χ0v) is 18.1. The van der Waals surface area contributed by atoms with E-state index in [-0.39, 0.29) is 29.9 Å². The number of aryl methyl sites for hydroxylation is 1. The third-order valence-corrected chi connectivity index (χ3v) is 5.69. The average Bonchev–Trinajstić information content (AvgIpc) is 3.30. The molecule has 1 amide bonds. The number of aromatic nitrogens is 3. The van der Waals surface area contributed by atoms with Crippen LogP contribution in [0.3, 0.4) is 0 Å². The molecule has 5 rings (SSSR count). The Morgan fingerprint density at radius 2 is 2.03 bits per heavy atom. The number of benzene rings is 1. The molecule has 0 spiro atoms. The molecule has 0 unspecified atom stereocenters. The number of nitrogens with one attached hydrogen (secondary N) is 2. The van der Waals surface area contributed by atoms with E-state index in [0.717, 1.165) is 18.4 Å². The molecule has 1 aromatic carbocycles. The van der Waals surface area contributed by atoms with Crippen LogP contribution in [0, 0.1) is 5.41 Å². The van der Waals surface area contributed by atoms with Crippen molar-refractivity contribution in [1.29, 1.82) is 5.41 Å². The highest BCUT2D eigenvalue weighted by Gasteiger charge is 2.18. The summed E-state index contributed by atoms with van der Waals surface area (Å²) in [6.45, 7) is 2.97. The molecule has 9 heteroatoms. The number of carbonyl (C=O) groups excluding carboxylic acids is 1. The quantitative estimate of drug-likeness (QED) is 0.443. The molecule has 0 saturated heterocycles. The number of ether oxygens (including phenoxy) is 2.